The second-order valence-electron chi connectivity index (χ2n) is 5.11. The molecule has 3 rings (SSSR count). The Morgan fingerprint density at radius 3 is 2.58 bits per heavy atom. The van der Waals surface area contributed by atoms with Gasteiger partial charge in [-0.2, -0.15) is 0 Å². The molecule has 24 heavy (non-hydrogen) atoms. The van der Waals surface area contributed by atoms with Gasteiger partial charge in [-0.15, -0.1) is 0 Å². The van der Waals surface area contributed by atoms with Gasteiger partial charge >= 0.3 is 11.8 Å². The van der Waals surface area contributed by atoms with Crippen LogP contribution in [0.4, 0.5) is 5.69 Å². The number of rotatable bonds is 3. The van der Waals surface area contributed by atoms with Gasteiger partial charge in [0.05, 0.1) is 11.2 Å². The molecule has 1 heterocycles. The van der Waals surface area contributed by atoms with E-state index in [2.05, 4.69) is 15.6 Å². The van der Waals surface area contributed by atoms with E-state index in [1.54, 1.807) is 36.5 Å². The zero-order valence-corrected chi connectivity index (χ0v) is 13.4. The van der Waals surface area contributed by atoms with E-state index in [1.165, 1.54) is 0 Å². The first-order valence-corrected chi connectivity index (χ1v) is 7.69. The summed E-state index contributed by atoms with van der Waals surface area (Å²) in [5, 5.41) is 6.56. The molecule has 3 aromatic rings. The number of amides is 2. The maximum Gasteiger partial charge on any atom is 0.313 e. The van der Waals surface area contributed by atoms with Crippen LogP contribution in [-0.4, -0.2) is 16.8 Å². The lowest BCUT2D eigenvalue weighted by Crippen LogP contribution is -2.35. The van der Waals surface area contributed by atoms with Crippen molar-refractivity contribution in [3.8, 4) is 0 Å². The van der Waals surface area contributed by atoms with E-state index in [0.29, 0.717) is 16.2 Å². The van der Waals surface area contributed by atoms with E-state index < -0.39 is 11.8 Å². The van der Waals surface area contributed by atoms with Gasteiger partial charge in [-0.3, -0.25) is 14.6 Å². The predicted molar refractivity (Wildman–Crippen MR) is 93.7 cm³/mol. The van der Waals surface area contributed by atoms with Crippen molar-refractivity contribution in [2.75, 3.05) is 5.32 Å². The zero-order valence-electron chi connectivity index (χ0n) is 12.6. The van der Waals surface area contributed by atoms with Gasteiger partial charge in [0.1, 0.15) is 0 Å². The van der Waals surface area contributed by atoms with Crippen LogP contribution in [0.1, 0.15) is 5.56 Å². The van der Waals surface area contributed by atoms with Gasteiger partial charge in [-0.1, -0.05) is 48.0 Å². The number of pyridine rings is 1. The van der Waals surface area contributed by atoms with Crippen LogP contribution in [0.2, 0.25) is 5.02 Å². The number of carbonyl (C=O) groups excluding carboxylic acids is 2. The maximum atomic E-state index is 12.1. The minimum absolute atomic E-state index is 0.180. The molecule has 120 valence electrons. The summed E-state index contributed by atoms with van der Waals surface area (Å²) in [6.45, 7) is 0.180. The summed E-state index contributed by atoms with van der Waals surface area (Å²) in [7, 11) is 0. The SMILES string of the molecule is O=C(NCc1ccccc1Cl)C(=O)Nc1cccc2cccnc12. The summed E-state index contributed by atoms with van der Waals surface area (Å²) in [4.78, 5) is 28.3. The molecule has 1 aromatic heterocycles. The van der Waals surface area contributed by atoms with Crippen molar-refractivity contribution in [2.24, 2.45) is 0 Å². The van der Waals surface area contributed by atoms with E-state index in [-0.39, 0.29) is 6.54 Å². The quantitative estimate of drug-likeness (QED) is 0.720. The van der Waals surface area contributed by atoms with E-state index in [9.17, 15) is 9.59 Å². The normalized spacial score (nSPS) is 10.4. The van der Waals surface area contributed by atoms with Gasteiger partial charge in [-0.25, -0.2) is 0 Å². The molecule has 0 fully saturated rings. The largest absolute Gasteiger partial charge is 0.344 e. The van der Waals surface area contributed by atoms with Crippen LogP contribution >= 0.6 is 11.6 Å². The molecule has 0 atom stereocenters. The smallest absolute Gasteiger partial charge is 0.313 e. The number of hydrogen-bond acceptors (Lipinski definition) is 3. The molecular formula is C18H14ClN3O2. The van der Waals surface area contributed by atoms with Crippen molar-refractivity contribution in [1.29, 1.82) is 0 Å². The number of aromatic nitrogens is 1. The lowest BCUT2D eigenvalue weighted by Gasteiger charge is -2.09. The molecule has 0 saturated heterocycles. The molecule has 0 unspecified atom stereocenters. The van der Waals surface area contributed by atoms with Gasteiger partial charge in [0.25, 0.3) is 0 Å². The van der Waals surface area contributed by atoms with Crippen molar-refractivity contribution < 1.29 is 9.59 Å². The third kappa shape index (κ3) is 3.52. The van der Waals surface area contributed by atoms with Crippen LogP contribution in [-0.2, 0) is 16.1 Å². The fourth-order valence-electron chi connectivity index (χ4n) is 2.28. The van der Waals surface area contributed by atoms with Gasteiger partial charge in [-0.05, 0) is 23.8 Å². The minimum Gasteiger partial charge on any atom is -0.344 e. The Morgan fingerprint density at radius 1 is 0.958 bits per heavy atom. The summed E-state index contributed by atoms with van der Waals surface area (Å²) >= 11 is 6.02. The molecule has 2 aromatic carbocycles. The topological polar surface area (TPSA) is 71.1 Å². The average Bonchev–Trinajstić information content (AvgIpc) is 2.61. The number of anilines is 1. The molecule has 2 amide bonds. The number of halogens is 1. The van der Waals surface area contributed by atoms with E-state index >= 15 is 0 Å². The van der Waals surface area contributed by atoms with Crippen LogP contribution in [0.15, 0.2) is 60.8 Å². The van der Waals surface area contributed by atoms with Crippen LogP contribution < -0.4 is 10.6 Å². The highest BCUT2D eigenvalue weighted by Gasteiger charge is 2.15. The molecule has 0 radical (unpaired) electrons. The Labute approximate surface area is 143 Å². The van der Waals surface area contributed by atoms with Gasteiger partial charge in [0, 0.05) is 23.2 Å². The monoisotopic (exact) mass is 339 g/mol. The Bertz CT molecular complexity index is 906. The molecule has 0 saturated carbocycles. The van der Waals surface area contributed by atoms with Crippen molar-refractivity contribution in [1.82, 2.24) is 10.3 Å². The first-order chi connectivity index (χ1) is 11.6. The second kappa shape index (κ2) is 7.10. The van der Waals surface area contributed by atoms with E-state index in [0.717, 1.165) is 10.9 Å². The highest BCUT2D eigenvalue weighted by Crippen LogP contribution is 2.20. The van der Waals surface area contributed by atoms with Crippen LogP contribution in [0.5, 0.6) is 0 Å². The standard InChI is InChI=1S/C18H14ClN3O2/c19-14-8-2-1-5-13(14)11-21-17(23)18(24)22-15-9-3-6-12-7-4-10-20-16(12)15/h1-10H,11H2,(H,21,23)(H,22,24). The Morgan fingerprint density at radius 2 is 1.75 bits per heavy atom. The highest BCUT2D eigenvalue weighted by atomic mass is 35.5. The molecular weight excluding hydrogens is 326 g/mol. The van der Waals surface area contributed by atoms with Crippen LogP contribution in [0, 0.1) is 0 Å². The van der Waals surface area contributed by atoms with Crippen LogP contribution in [0.25, 0.3) is 10.9 Å². The molecule has 0 aliphatic heterocycles. The first-order valence-electron chi connectivity index (χ1n) is 7.31. The Kier molecular flexibility index (Phi) is 4.72. The molecule has 0 spiro atoms. The summed E-state index contributed by atoms with van der Waals surface area (Å²) < 4.78 is 0. The molecule has 6 heteroatoms. The summed E-state index contributed by atoms with van der Waals surface area (Å²) in [6, 6.07) is 16.2. The highest BCUT2D eigenvalue weighted by molar-refractivity contribution is 6.40. The Balaban J connectivity index is 1.68. The second-order valence-corrected chi connectivity index (χ2v) is 5.52. The average molecular weight is 340 g/mol. The summed E-state index contributed by atoms with van der Waals surface area (Å²) in [5.74, 6) is -1.48. The van der Waals surface area contributed by atoms with Gasteiger partial charge in [0.2, 0.25) is 0 Å². The number of carbonyl (C=O) groups is 2. The maximum absolute atomic E-state index is 12.1. The molecule has 0 aliphatic carbocycles. The number of para-hydroxylation sites is 1. The zero-order chi connectivity index (χ0) is 16.9. The molecule has 5 nitrogen and oxygen atoms in total. The number of fused-ring (bicyclic) bond motifs is 1. The number of nitrogens with zero attached hydrogens (tertiary/aromatic N) is 1. The van der Waals surface area contributed by atoms with Gasteiger partial charge in [0.15, 0.2) is 0 Å². The van der Waals surface area contributed by atoms with Crippen molar-refractivity contribution in [3.63, 3.8) is 0 Å². The molecule has 2 N–H and O–H groups in total. The number of benzene rings is 2. The fraction of sp³-hybridized carbons (Fsp3) is 0.0556. The summed E-state index contributed by atoms with van der Waals surface area (Å²) in [5.41, 5.74) is 1.87. The minimum atomic E-state index is -0.750. The summed E-state index contributed by atoms with van der Waals surface area (Å²) in [6.07, 6.45) is 1.63. The third-order valence-electron chi connectivity index (χ3n) is 3.48. The lowest BCUT2D eigenvalue weighted by atomic mass is 10.2. The lowest BCUT2D eigenvalue weighted by molar-refractivity contribution is -0.136. The number of hydrogen-bond donors (Lipinski definition) is 2. The van der Waals surface area contributed by atoms with Crippen molar-refractivity contribution in [2.45, 2.75) is 6.54 Å². The van der Waals surface area contributed by atoms with Crippen molar-refractivity contribution >= 4 is 40.0 Å². The van der Waals surface area contributed by atoms with E-state index in [4.69, 9.17) is 11.6 Å². The Hall–Kier alpha value is -2.92. The fourth-order valence-corrected chi connectivity index (χ4v) is 2.48. The molecule has 0 aliphatic rings. The van der Waals surface area contributed by atoms with Gasteiger partial charge < -0.3 is 10.6 Å². The van der Waals surface area contributed by atoms with E-state index in [1.807, 2.05) is 24.3 Å². The van der Waals surface area contributed by atoms with Crippen LogP contribution in [0.3, 0.4) is 0 Å². The predicted octanol–water partition coefficient (Wildman–Crippen LogP) is 3.14. The molecule has 0 bridgehead atoms. The third-order valence-corrected chi connectivity index (χ3v) is 3.85. The number of nitrogens with one attached hydrogen (secondary N) is 2. The van der Waals surface area contributed by atoms with Crippen molar-refractivity contribution in [3.05, 3.63) is 71.4 Å². The first kappa shape index (κ1) is 16.0.